The minimum absolute atomic E-state index is 0.243. The summed E-state index contributed by atoms with van der Waals surface area (Å²) in [6.07, 6.45) is 6.88. The molecule has 4 heteroatoms. The first-order valence-electron chi connectivity index (χ1n) is 17.6. The third kappa shape index (κ3) is 6.36. The van der Waals surface area contributed by atoms with Crippen LogP contribution in [0.2, 0.25) is 0 Å². The first-order chi connectivity index (χ1) is 22.6. The summed E-state index contributed by atoms with van der Waals surface area (Å²) in [6.45, 7) is 13.8. The van der Waals surface area contributed by atoms with E-state index in [1.807, 2.05) is 0 Å². The molecule has 4 nitrogen and oxygen atoms in total. The van der Waals surface area contributed by atoms with E-state index >= 15 is 0 Å². The van der Waals surface area contributed by atoms with Gasteiger partial charge in [0.05, 0.1) is 26.4 Å². The van der Waals surface area contributed by atoms with Gasteiger partial charge in [-0.05, 0) is 70.2 Å². The number of fused-ring (bicyclic) bond motifs is 6. The lowest BCUT2D eigenvalue weighted by molar-refractivity contribution is 0.303. The number of rotatable bonds is 12. The largest absolute Gasteiger partial charge is 0.493 e. The van der Waals surface area contributed by atoms with Crippen molar-refractivity contribution >= 4 is 0 Å². The Hall–Kier alpha value is -3.92. The van der Waals surface area contributed by atoms with Gasteiger partial charge in [0.2, 0.25) is 0 Å². The standard InChI is InChI=1S/C42H50O4/c1-6-20-43-39-29-12-10-14-31(39)25-33-16-18-35-28(5)36-19-17-34(26-32-15-11-13-30(24-29)40(32)44-21-7-2)42(46-23-9-4)38(36)27-37(35)41(33)45-22-8-3/h10-19,28H,6-9,20-27H2,1-5H3. The first-order valence-corrected chi connectivity index (χ1v) is 17.6. The van der Waals surface area contributed by atoms with Crippen molar-refractivity contribution in [3.05, 3.63) is 116 Å². The molecule has 46 heavy (non-hydrogen) atoms. The third-order valence-electron chi connectivity index (χ3n) is 9.34. The fraction of sp³-hybridized carbons (Fsp3) is 0.429. The Bertz CT molecular complexity index is 1550. The quantitative estimate of drug-likeness (QED) is 0.139. The number of hydrogen-bond acceptors (Lipinski definition) is 4. The molecule has 0 aromatic heterocycles. The van der Waals surface area contributed by atoms with E-state index in [0.29, 0.717) is 26.4 Å². The Morgan fingerprint density at radius 1 is 0.435 bits per heavy atom. The Labute approximate surface area is 276 Å². The molecule has 0 heterocycles. The van der Waals surface area contributed by atoms with Gasteiger partial charge in [-0.15, -0.1) is 0 Å². The van der Waals surface area contributed by atoms with Crippen molar-refractivity contribution < 1.29 is 18.9 Å². The first kappa shape index (κ1) is 32.0. The SMILES string of the molecule is CCCOc1c2cccc1Cc1ccc3c(c1OCCC)Cc1c(ccc(c1OCCC)Cc1cccc(c1OCCC)C2)C3C. The summed E-state index contributed by atoms with van der Waals surface area (Å²) < 4.78 is 26.6. The highest BCUT2D eigenvalue weighted by atomic mass is 16.5. The van der Waals surface area contributed by atoms with Crippen LogP contribution >= 0.6 is 0 Å². The van der Waals surface area contributed by atoms with Gasteiger partial charge in [-0.3, -0.25) is 0 Å². The molecule has 0 saturated heterocycles. The molecule has 0 atom stereocenters. The predicted molar refractivity (Wildman–Crippen MR) is 188 cm³/mol. The molecule has 4 aromatic rings. The fourth-order valence-corrected chi connectivity index (χ4v) is 7.18. The highest BCUT2D eigenvalue weighted by molar-refractivity contribution is 5.63. The summed E-state index contributed by atoms with van der Waals surface area (Å²) in [4.78, 5) is 0. The summed E-state index contributed by atoms with van der Waals surface area (Å²) in [7, 11) is 0. The van der Waals surface area contributed by atoms with Gasteiger partial charge in [0, 0.05) is 42.7 Å². The monoisotopic (exact) mass is 618 g/mol. The molecule has 0 N–H and O–H groups in total. The molecule has 0 aliphatic heterocycles. The van der Waals surface area contributed by atoms with Gasteiger partial charge in [0.1, 0.15) is 23.0 Å². The van der Waals surface area contributed by atoms with Crippen LogP contribution in [0.25, 0.3) is 0 Å². The minimum atomic E-state index is 0.243. The molecule has 6 rings (SSSR count). The van der Waals surface area contributed by atoms with E-state index in [4.69, 9.17) is 18.9 Å². The molecule has 4 aromatic carbocycles. The molecule has 8 bridgehead atoms. The second-order valence-electron chi connectivity index (χ2n) is 12.9. The van der Waals surface area contributed by atoms with Crippen LogP contribution in [-0.4, -0.2) is 26.4 Å². The summed E-state index contributed by atoms with van der Waals surface area (Å²) in [6, 6.07) is 22.6. The molecule has 242 valence electrons. The second-order valence-corrected chi connectivity index (χ2v) is 12.9. The number of benzene rings is 4. The molecule has 2 aliphatic carbocycles. The van der Waals surface area contributed by atoms with Crippen molar-refractivity contribution in [2.24, 2.45) is 0 Å². The predicted octanol–water partition coefficient (Wildman–Crippen LogP) is 9.98. The number of ether oxygens (including phenoxy) is 4. The topological polar surface area (TPSA) is 36.9 Å². The Balaban J connectivity index is 1.61. The van der Waals surface area contributed by atoms with E-state index in [0.717, 1.165) is 74.4 Å². The maximum Gasteiger partial charge on any atom is 0.126 e. The maximum absolute atomic E-state index is 6.70. The van der Waals surface area contributed by atoms with E-state index in [-0.39, 0.29) is 5.92 Å². The van der Waals surface area contributed by atoms with Crippen LogP contribution in [0, 0.1) is 0 Å². The van der Waals surface area contributed by atoms with Crippen molar-refractivity contribution in [1.29, 1.82) is 0 Å². The zero-order valence-electron chi connectivity index (χ0n) is 28.5. The van der Waals surface area contributed by atoms with Crippen molar-refractivity contribution in [2.45, 2.75) is 91.9 Å². The van der Waals surface area contributed by atoms with Gasteiger partial charge in [0.25, 0.3) is 0 Å². The molecule has 2 aliphatic rings. The van der Waals surface area contributed by atoms with Crippen LogP contribution in [0.1, 0.15) is 122 Å². The third-order valence-corrected chi connectivity index (χ3v) is 9.34. The van der Waals surface area contributed by atoms with Crippen LogP contribution in [0.5, 0.6) is 23.0 Å². The van der Waals surface area contributed by atoms with Crippen LogP contribution in [-0.2, 0) is 25.7 Å². The minimum Gasteiger partial charge on any atom is -0.493 e. The molecule has 0 saturated carbocycles. The molecule has 0 spiro atoms. The lowest BCUT2D eigenvalue weighted by Gasteiger charge is -2.31. The van der Waals surface area contributed by atoms with E-state index in [2.05, 4.69) is 95.3 Å². The van der Waals surface area contributed by atoms with E-state index in [1.54, 1.807) is 0 Å². The normalized spacial score (nSPS) is 13.6. The Morgan fingerprint density at radius 2 is 0.761 bits per heavy atom. The number of hydrogen-bond donors (Lipinski definition) is 0. The molecular formula is C42H50O4. The lowest BCUT2D eigenvalue weighted by atomic mass is 9.76. The smallest absolute Gasteiger partial charge is 0.126 e. The average Bonchev–Trinajstić information content (AvgIpc) is 3.06. The molecule has 0 unspecified atom stereocenters. The summed E-state index contributed by atoms with van der Waals surface area (Å²) in [5.74, 6) is 4.33. The average molecular weight is 619 g/mol. The van der Waals surface area contributed by atoms with Gasteiger partial charge < -0.3 is 18.9 Å². The highest BCUT2D eigenvalue weighted by Gasteiger charge is 2.31. The van der Waals surface area contributed by atoms with Gasteiger partial charge in [-0.1, -0.05) is 95.3 Å². The lowest BCUT2D eigenvalue weighted by Crippen LogP contribution is -2.17. The van der Waals surface area contributed by atoms with Crippen LogP contribution in [0.15, 0.2) is 60.7 Å². The highest BCUT2D eigenvalue weighted by Crippen LogP contribution is 2.47. The van der Waals surface area contributed by atoms with Crippen molar-refractivity contribution in [3.63, 3.8) is 0 Å². The van der Waals surface area contributed by atoms with Crippen LogP contribution in [0.4, 0.5) is 0 Å². The zero-order valence-corrected chi connectivity index (χ0v) is 28.5. The second kappa shape index (κ2) is 14.7. The Morgan fingerprint density at radius 3 is 1.11 bits per heavy atom. The van der Waals surface area contributed by atoms with E-state index < -0.39 is 0 Å². The zero-order chi connectivity index (χ0) is 32.0. The molecular weight excluding hydrogens is 568 g/mol. The fourth-order valence-electron chi connectivity index (χ4n) is 7.18. The molecule has 0 amide bonds. The van der Waals surface area contributed by atoms with Crippen molar-refractivity contribution in [3.8, 4) is 23.0 Å². The van der Waals surface area contributed by atoms with Gasteiger partial charge in [0.15, 0.2) is 0 Å². The van der Waals surface area contributed by atoms with Crippen molar-refractivity contribution in [1.82, 2.24) is 0 Å². The summed E-state index contributed by atoms with van der Waals surface area (Å²) in [5.41, 5.74) is 12.5. The summed E-state index contributed by atoms with van der Waals surface area (Å²) >= 11 is 0. The van der Waals surface area contributed by atoms with Gasteiger partial charge in [-0.25, -0.2) is 0 Å². The van der Waals surface area contributed by atoms with E-state index in [1.165, 1.54) is 55.6 Å². The van der Waals surface area contributed by atoms with Crippen LogP contribution < -0.4 is 18.9 Å². The maximum atomic E-state index is 6.70. The molecule has 0 fully saturated rings. The summed E-state index contributed by atoms with van der Waals surface area (Å²) in [5, 5.41) is 0. The molecule has 0 radical (unpaired) electrons. The number of para-hydroxylation sites is 2. The van der Waals surface area contributed by atoms with Gasteiger partial charge in [-0.2, -0.15) is 0 Å². The van der Waals surface area contributed by atoms with Gasteiger partial charge >= 0.3 is 0 Å². The van der Waals surface area contributed by atoms with Crippen LogP contribution in [0.3, 0.4) is 0 Å². The van der Waals surface area contributed by atoms with Crippen molar-refractivity contribution in [2.75, 3.05) is 26.4 Å². The Kier molecular flexibility index (Phi) is 10.2. The van der Waals surface area contributed by atoms with E-state index in [9.17, 15) is 0 Å².